The third kappa shape index (κ3) is 4.10. The fourth-order valence-corrected chi connectivity index (χ4v) is 3.66. The molecular weight excluding hydrogens is 399 g/mol. The number of pyridine rings is 1. The highest BCUT2D eigenvalue weighted by Crippen LogP contribution is 2.40. The monoisotopic (exact) mass is 421 g/mol. The molecule has 1 unspecified atom stereocenters. The second-order valence-corrected chi connectivity index (χ2v) is 7.48. The van der Waals surface area contributed by atoms with E-state index >= 15 is 0 Å². The number of aromatic nitrogens is 1. The average Bonchev–Trinajstić information content (AvgIpc) is 2.85. The number of hydrogen-bond donors (Lipinski definition) is 0. The molecule has 1 aliphatic rings. The van der Waals surface area contributed by atoms with Gasteiger partial charge >= 0.3 is 12.4 Å². The maximum absolute atomic E-state index is 13.3. The number of carbonyl (C=O) groups is 2. The van der Waals surface area contributed by atoms with Gasteiger partial charge in [-0.1, -0.05) is 13.3 Å². The molecule has 3 amide bonds. The van der Waals surface area contributed by atoms with Gasteiger partial charge in [-0.15, -0.1) is 13.2 Å². The average molecular weight is 421 g/mol. The van der Waals surface area contributed by atoms with E-state index in [-0.39, 0.29) is 11.7 Å². The molecule has 0 N–H and O–H groups in total. The van der Waals surface area contributed by atoms with Crippen LogP contribution < -0.4 is 9.64 Å². The second kappa shape index (κ2) is 7.97. The first kappa shape index (κ1) is 21.6. The summed E-state index contributed by atoms with van der Waals surface area (Å²) in [5.74, 6) is -0.880. The topological polar surface area (TPSA) is 62.7 Å². The molecule has 3 rings (SSSR count). The van der Waals surface area contributed by atoms with Gasteiger partial charge < -0.3 is 9.64 Å². The second-order valence-electron chi connectivity index (χ2n) is 7.48. The van der Waals surface area contributed by atoms with Crippen molar-refractivity contribution in [2.45, 2.75) is 51.6 Å². The van der Waals surface area contributed by atoms with Crippen LogP contribution in [-0.4, -0.2) is 33.7 Å². The van der Waals surface area contributed by atoms with Gasteiger partial charge in [0.05, 0.1) is 11.7 Å². The lowest BCUT2D eigenvalue weighted by molar-refractivity contribution is -0.274. The summed E-state index contributed by atoms with van der Waals surface area (Å²) in [5, 5.41) is 0. The van der Waals surface area contributed by atoms with Crippen molar-refractivity contribution < 1.29 is 27.5 Å². The number of hydrogen-bond acceptors (Lipinski definition) is 4. The number of benzene rings is 1. The van der Waals surface area contributed by atoms with E-state index < -0.39 is 29.6 Å². The maximum atomic E-state index is 13.3. The predicted octanol–water partition coefficient (Wildman–Crippen LogP) is 5.07. The van der Waals surface area contributed by atoms with Crippen LogP contribution in [0.5, 0.6) is 5.75 Å². The smallest absolute Gasteiger partial charge is 0.406 e. The van der Waals surface area contributed by atoms with Gasteiger partial charge in [0, 0.05) is 12.4 Å². The zero-order valence-corrected chi connectivity index (χ0v) is 16.8. The Morgan fingerprint density at radius 3 is 2.20 bits per heavy atom. The van der Waals surface area contributed by atoms with Gasteiger partial charge in [-0.25, -0.2) is 9.69 Å². The fourth-order valence-electron chi connectivity index (χ4n) is 3.66. The lowest BCUT2D eigenvalue weighted by Crippen LogP contribution is -2.46. The first-order chi connectivity index (χ1) is 14.1. The molecule has 9 heteroatoms. The van der Waals surface area contributed by atoms with E-state index in [0.717, 1.165) is 29.0 Å². The summed E-state index contributed by atoms with van der Waals surface area (Å²) < 4.78 is 41.0. The number of halogens is 3. The van der Waals surface area contributed by atoms with Crippen LogP contribution in [0.3, 0.4) is 0 Å². The van der Waals surface area contributed by atoms with Gasteiger partial charge in [0.1, 0.15) is 11.3 Å². The summed E-state index contributed by atoms with van der Waals surface area (Å²) in [5.41, 5.74) is -0.0987. The number of anilines is 1. The van der Waals surface area contributed by atoms with Gasteiger partial charge in [-0.05, 0) is 62.2 Å². The van der Waals surface area contributed by atoms with Crippen molar-refractivity contribution in [3.63, 3.8) is 0 Å². The Morgan fingerprint density at radius 1 is 1.07 bits per heavy atom. The molecule has 1 fully saturated rings. The van der Waals surface area contributed by atoms with E-state index in [2.05, 4.69) is 9.72 Å². The van der Waals surface area contributed by atoms with Crippen molar-refractivity contribution in [3.05, 3.63) is 54.4 Å². The molecule has 30 heavy (non-hydrogen) atoms. The number of rotatable bonds is 6. The Morgan fingerprint density at radius 2 is 1.67 bits per heavy atom. The number of carbonyl (C=O) groups excluding carboxylic acids is 2. The molecule has 0 spiro atoms. The quantitative estimate of drug-likeness (QED) is 0.611. The lowest BCUT2D eigenvalue weighted by Gasteiger charge is -2.35. The van der Waals surface area contributed by atoms with Crippen molar-refractivity contribution in [3.8, 4) is 5.75 Å². The van der Waals surface area contributed by atoms with Crippen LogP contribution in [0.2, 0.25) is 0 Å². The summed E-state index contributed by atoms with van der Waals surface area (Å²) in [6.45, 7) is 5.32. The molecule has 1 aliphatic heterocycles. The molecule has 1 aromatic carbocycles. The Kier molecular flexibility index (Phi) is 5.74. The number of alkyl halides is 3. The normalized spacial score (nSPS) is 17.4. The molecule has 0 radical (unpaired) electrons. The highest BCUT2D eigenvalue weighted by atomic mass is 19.4. The van der Waals surface area contributed by atoms with Crippen LogP contribution in [0.1, 0.15) is 45.2 Å². The van der Waals surface area contributed by atoms with E-state index in [9.17, 15) is 22.8 Å². The summed E-state index contributed by atoms with van der Waals surface area (Å²) >= 11 is 0. The minimum atomic E-state index is -4.82. The first-order valence-electron chi connectivity index (χ1n) is 9.50. The summed E-state index contributed by atoms with van der Waals surface area (Å²) in [4.78, 5) is 33.0. The van der Waals surface area contributed by atoms with Crippen molar-refractivity contribution in [1.29, 1.82) is 0 Å². The summed E-state index contributed by atoms with van der Waals surface area (Å²) in [6.07, 6.45) is -0.143. The molecule has 2 aromatic rings. The van der Waals surface area contributed by atoms with Gasteiger partial charge in [-0.3, -0.25) is 9.78 Å². The van der Waals surface area contributed by atoms with E-state index in [0.29, 0.717) is 6.42 Å². The van der Waals surface area contributed by atoms with Gasteiger partial charge in [0.2, 0.25) is 0 Å². The zero-order chi connectivity index (χ0) is 22.1. The molecular formula is C21H22F3N3O3. The Bertz CT molecular complexity index is 915. The largest absolute Gasteiger partial charge is 0.573 e. The number of amides is 3. The Hall–Kier alpha value is -3.10. The first-order valence-corrected chi connectivity index (χ1v) is 9.50. The van der Waals surface area contributed by atoms with Crippen molar-refractivity contribution in [2.24, 2.45) is 0 Å². The van der Waals surface area contributed by atoms with Crippen LogP contribution in [0.15, 0.2) is 48.8 Å². The third-order valence-electron chi connectivity index (χ3n) is 5.02. The van der Waals surface area contributed by atoms with E-state index in [1.165, 1.54) is 17.0 Å². The molecule has 0 saturated carbocycles. The highest BCUT2D eigenvalue weighted by Gasteiger charge is 2.54. The Labute approximate surface area is 172 Å². The minimum absolute atomic E-state index is 0.181. The fraction of sp³-hybridized carbons (Fsp3) is 0.381. The molecule has 1 saturated heterocycles. The lowest BCUT2D eigenvalue weighted by atomic mass is 9.95. The van der Waals surface area contributed by atoms with E-state index in [1.807, 2.05) is 6.92 Å². The SMILES string of the molecule is CCCC(c1ccncc1)N1C(=O)N(c2ccc(OC(F)(F)F)cc2)C(=O)C1(C)C. The Balaban J connectivity index is 1.95. The molecule has 1 atom stereocenters. The molecule has 0 aliphatic carbocycles. The van der Waals surface area contributed by atoms with Crippen LogP contribution in [0.25, 0.3) is 0 Å². The minimum Gasteiger partial charge on any atom is -0.406 e. The molecule has 160 valence electrons. The number of nitrogens with zero attached hydrogens (tertiary/aromatic N) is 3. The van der Waals surface area contributed by atoms with E-state index in [4.69, 9.17) is 0 Å². The van der Waals surface area contributed by atoms with Crippen molar-refractivity contribution in [2.75, 3.05) is 4.90 Å². The number of urea groups is 1. The third-order valence-corrected chi connectivity index (χ3v) is 5.02. The molecule has 1 aromatic heterocycles. The standard InChI is InChI=1S/C21H22F3N3O3/c1-4-5-17(14-10-12-25-13-11-14)27-19(29)26(18(28)20(27,2)3)15-6-8-16(9-7-15)30-21(22,23)24/h6-13,17H,4-5H2,1-3H3. The van der Waals surface area contributed by atoms with Gasteiger partial charge in [-0.2, -0.15) is 0 Å². The van der Waals surface area contributed by atoms with Gasteiger partial charge in [0.25, 0.3) is 5.91 Å². The number of imide groups is 1. The van der Waals surface area contributed by atoms with Gasteiger partial charge in [0.15, 0.2) is 0 Å². The summed E-state index contributed by atoms with van der Waals surface area (Å²) in [7, 11) is 0. The summed E-state index contributed by atoms with van der Waals surface area (Å²) in [6, 6.07) is 7.42. The maximum Gasteiger partial charge on any atom is 0.573 e. The molecule has 2 heterocycles. The van der Waals surface area contributed by atoms with Crippen molar-refractivity contribution >= 4 is 17.6 Å². The predicted molar refractivity (Wildman–Crippen MR) is 104 cm³/mol. The van der Waals surface area contributed by atoms with Crippen LogP contribution in [0, 0.1) is 0 Å². The van der Waals surface area contributed by atoms with Crippen LogP contribution in [-0.2, 0) is 4.79 Å². The highest BCUT2D eigenvalue weighted by molar-refractivity contribution is 6.23. The van der Waals surface area contributed by atoms with Crippen LogP contribution in [0.4, 0.5) is 23.7 Å². The zero-order valence-electron chi connectivity index (χ0n) is 16.8. The number of ether oxygens (including phenoxy) is 1. The molecule has 6 nitrogen and oxygen atoms in total. The van der Waals surface area contributed by atoms with Crippen molar-refractivity contribution in [1.82, 2.24) is 9.88 Å². The van der Waals surface area contributed by atoms with Crippen LogP contribution >= 0.6 is 0 Å². The molecule has 0 bridgehead atoms. The van der Waals surface area contributed by atoms with E-state index in [1.54, 1.807) is 38.4 Å².